The summed E-state index contributed by atoms with van der Waals surface area (Å²) in [6.07, 6.45) is 2.21. The first-order valence-corrected chi connectivity index (χ1v) is 7.29. The Morgan fingerprint density at radius 2 is 2.00 bits per heavy atom. The van der Waals surface area contributed by atoms with Crippen molar-refractivity contribution in [2.24, 2.45) is 0 Å². The second-order valence-corrected chi connectivity index (χ2v) is 5.69. The van der Waals surface area contributed by atoms with Gasteiger partial charge in [0, 0.05) is 28.7 Å². The normalized spacial score (nSPS) is 13.6. The molecule has 4 heteroatoms. The maximum Gasteiger partial charge on any atom is 0.231 e. The lowest BCUT2D eigenvalue weighted by molar-refractivity contribution is 0.174. The molecule has 0 fully saturated rings. The van der Waals surface area contributed by atoms with Crippen molar-refractivity contribution in [1.82, 2.24) is 10.3 Å². The molecule has 0 amide bonds. The fourth-order valence-electron chi connectivity index (χ4n) is 2.75. The van der Waals surface area contributed by atoms with Gasteiger partial charge in [-0.25, -0.2) is 0 Å². The molecule has 0 saturated heterocycles. The number of hydrogen-bond acceptors (Lipinski definition) is 3. The second-order valence-electron chi connectivity index (χ2n) is 5.69. The van der Waals surface area contributed by atoms with Crippen LogP contribution in [0.25, 0.3) is 10.9 Å². The van der Waals surface area contributed by atoms with E-state index in [1.54, 1.807) is 0 Å². The number of rotatable bonds is 5. The molecule has 3 rings (SSSR count). The van der Waals surface area contributed by atoms with Crippen molar-refractivity contribution in [1.29, 1.82) is 0 Å². The van der Waals surface area contributed by atoms with Gasteiger partial charge < -0.3 is 19.8 Å². The Morgan fingerprint density at radius 1 is 1.25 bits per heavy atom. The predicted octanol–water partition coefficient (Wildman–Crippen LogP) is 3.14. The van der Waals surface area contributed by atoms with E-state index in [1.165, 1.54) is 16.6 Å². The number of ether oxygens (including phenoxy) is 2. The van der Waals surface area contributed by atoms with Crippen molar-refractivity contribution in [3.63, 3.8) is 0 Å². The number of nitrogens with one attached hydrogen (secondary N) is 2. The predicted molar refractivity (Wildman–Crippen MR) is 80.6 cm³/mol. The molecule has 4 nitrogen and oxygen atoms in total. The first kappa shape index (κ1) is 13.3. The summed E-state index contributed by atoms with van der Waals surface area (Å²) in [5.74, 6) is 1.70. The Hall–Kier alpha value is -1.68. The van der Waals surface area contributed by atoms with Crippen molar-refractivity contribution in [2.75, 3.05) is 13.3 Å². The third-order valence-electron chi connectivity index (χ3n) is 3.77. The van der Waals surface area contributed by atoms with E-state index < -0.39 is 0 Å². The first-order valence-electron chi connectivity index (χ1n) is 7.29. The molecule has 1 aliphatic rings. The average molecular weight is 274 g/mol. The summed E-state index contributed by atoms with van der Waals surface area (Å²) in [5, 5.41) is 4.72. The molecule has 0 atom stereocenters. The van der Waals surface area contributed by atoms with Crippen LogP contribution >= 0.6 is 0 Å². The summed E-state index contributed by atoms with van der Waals surface area (Å²) < 4.78 is 10.9. The minimum atomic E-state index is 0.328. The van der Waals surface area contributed by atoms with Crippen molar-refractivity contribution in [2.45, 2.75) is 39.7 Å². The smallest absolute Gasteiger partial charge is 0.231 e. The molecular weight excluding hydrogens is 252 g/mol. The molecule has 1 aromatic carbocycles. The molecule has 0 radical (unpaired) electrons. The summed E-state index contributed by atoms with van der Waals surface area (Å²) in [6, 6.07) is 4.69. The lowest BCUT2D eigenvalue weighted by Crippen LogP contribution is -2.23. The van der Waals surface area contributed by atoms with E-state index in [0.717, 1.165) is 36.4 Å². The Kier molecular flexibility index (Phi) is 3.57. The molecule has 2 N–H and O–H groups in total. The van der Waals surface area contributed by atoms with Gasteiger partial charge in [0.05, 0.1) is 0 Å². The first-order chi connectivity index (χ1) is 9.65. The molecule has 20 heavy (non-hydrogen) atoms. The van der Waals surface area contributed by atoms with Crippen molar-refractivity contribution >= 4 is 10.9 Å². The van der Waals surface area contributed by atoms with Gasteiger partial charge in [0.2, 0.25) is 6.79 Å². The quantitative estimate of drug-likeness (QED) is 0.823. The molecule has 0 bridgehead atoms. The van der Waals surface area contributed by atoms with Gasteiger partial charge in [-0.3, -0.25) is 0 Å². The van der Waals surface area contributed by atoms with Gasteiger partial charge in [-0.05, 0) is 37.9 Å². The Morgan fingerprint density at radius 3 is 2.75 bits per heavy atom. The average Bonchev–Trinajstić information content (AvgIpc) is 2.95. The zero-order valence-corrected chi connectivity index (χ0v) is 12.4. The number of aryl methyl sites for hydroxylation is 2. The molecule has 108 valence electrons. The number of aromatic nitrogens is 1. The second kappa shape index (κ2) is 5.37. The summed E-state index contributed by atoms with van der Waals surface area (Å²) in [5.41, 5.74) is 3.77. The highest BCUT2D eigenvalue weighted by Crippen LogP contribution is 2.38. The molecular formula is C16H22N2O2. The van der Waals surface area contributed by atoms with Gasteiger partial charge in [-0.15, -0.1) is 0 Å². The van der Waals surface area contributed by atoms with E-state index in [9.17, 15) is 0 Å². The number of benzene rings is 1. The number of fused-ring (bicyclic) bond motifs is 2. The molecule has 0 spiro atoms. The monoisotopic (exact) mass is 274 g/mol. The zero-order valence-electron chi connectivity index (χ0n) is 12.4. The highest BCUT2D eigenvalue weighted by atomic mass is 16.7. The van der Waals surface area contributed by atoms with Crippen LogP contribution in [0.1, 0.15) is 31.5 Å². The lowest BCUT2D eigenvalue weighted by Gasteiger charge is -2.08. The maximum absolute atomic E-state index is 5.48. The summed E-state index contributed by atoms with van der Waals surface area (Å²) in [4.78, 5) is 3.45. The topological polar surface area (TPSA) is 46.3 Å². The van der Waals surface area contributed by atoms with E-state index >= 15 is 0 Å². The van der Waals surface area contributed by atoms with E-state index in [-0.39, 0.29) is 0 Å². The standard InChI is InChI=1S/C16H22N2O2/c1-10(2)17-6-4-5-12-11(3)18-14-8-16-15(7-13(12)14)19-9-20-16/h7-8,10,17-18H,4-6,9H2,1-3H3. The highest BCUT2D eigenvalue weighted by molar-refractivity contribution is 5.88. The van der Waals surface area contributed by atoms with E-state index in [1.807, 2.05) is 6.07 Å². The number of hydrogen-bond donors (Lipinski definition) is 2. The summed E-state index contributed by atoms with van der Waals surface area (Å²) in [6.45, 7) is 7.87. The van der Waals surface area contributed by atoms with Crippen LogP contribution in [0, 0.1) is 6.92 Å². The van der Waals surface area contributed by atoms with Gasteiger partial charge in [-0.2, -0.15) is 0 Å². The highest BCUT2D eigenvalue weighted by Gasteiger charge is 2.17. The largest absolute Gasteiger partial charge is 0.454 e. The number of H-pyrrole nitrogens is 1. The molecule has 1 aliphatic heterocycles. The van der Waals surface area contributed by atoms with E-state index in [2.05, 4.69) is 37.1 Å². The minimum Gasteiger partial charge on any atom is -0.454 e. The van der Waals surface area contributed by atoms with Crippen LogP contribution in [0.3, 0.4) is 0 Å². The van der Waals surface area contributed by atoms with E-state index in [0.29, 0.717) is 12.8 Å². The SMILES string of the molecule is Cc1[nH]c2cc3c(cc2c1CCCNC(C)C)OCO3. The summed E-state index contributed by atoms with van der Waals surface area (Å²) >= 11 is 0. The Labute approximate surface area is 119 Å². The van der Waals surface area contributed by atoms with Gasteiger partial charge in [0.25, 0.3) is 0 Å². The zero-order chi connectivity index (χ0) is 14.1. The molecule has 1 aromatic heterocycles. The molecule has 0 aliphatic carbocycles. The summed E-state index contributed by atoms with van der Waals surface area (Å²) in [7, 11) is 0. The van der Waals surface area contributed by atoms with Crippen LogP contribution in [0.2, 0.25) is 0 Å². The molecule has 0 unspecified atom stereocenters. The van der Waals surface area contributed by atoms with Crippen LogP contribution in [0.15, 0.2) is 12.1 Å². The van der Waals surface area contributed by atoms with Gasteiger partial charge in [0.1, 0.15) is 0 Å². The maximum atomic E-state index is 5.48. The van der Waals surface area contributed by atoms with Crippen LogP contribution in [0.5, 0.6) is 11.5 Å². The lowest BCUT2D eigenvalue weighted by atomic mass is 10.1. The van der Waals surface area contributed by atoms with Crippen LogP contribution in [0.4, 0.5) is 0 Å². The third-order valence-corrected chi connectivity index (χ3v) is 3.77. The molecule has 0 saturated carbocycles. The van der Waals surface area contributed by atoms with Gasteiger partial charge >= 0.3 is 0 Å². The minimum absolute atomic E-state index is 0.328. The Bertz CT molecular complexity index is 616. The number of aromatic amines is 1. The van der Waals surface area contributed by atoms with Crippen LogP contribution < -0.4 is 14.8 Å². The Balaban J connectivity index is 1.81. The third kappa shape index (κ3) is 2.48. The fourth-order valence-corrected chi connectivity index (χ4v) is 2.75. The fraction of sp³-hybridized carbons (Fsp3) is 0.500. The van der Waals surface area contributed by atoms with Crippen molar-refractivity contribution in [3.05, 3.63) is 23.4 Å². The van der Waals surface area contributed by atoms with Gasteiger partial charge in [0.15, 0.2) is 11.5 Å². The van der Waals surface area contributed by atoms with Crippen LogP contribution in [-0.2, 0) is 6.42 Å². The molecule has 2 aromatic rings. The van der Waals surface area contributed by atoms with Gasteiger partial charge in [-0.1, -0.05) is 13.8 Å². The molecule has 2 heterocycles. The van der Waals surface area contributed by atoms with Crippen molar-refractivity contribution in [3.8, 4) is 11.5 Å². The van der Waals surface area contributed by atoms with Crippen LogP contribution in [-0.4, -0.2) is 24.4 Å². The van der Waals surface area contributed by atoms with E-state index in [4.69, 9.17) is 9.47 Å². The van der Waals surface area contributed by atoms with Crippen molar-refractivity contribution < 1.29 is 9.47 Å².